The Kier molecular flexibility index (Phi) is 8.09. The van der Waals surface area contributed by atoms with Crippen molar-refractivity contribution in [2.75, 3.05) is 13.2 Å². The van der Waals surface area contributed by atoms with Crippen LogP contribution in [0.25, 0.3) is 0 Å². The molecule has 9 heteroatoms. The SMILES string of the molecule is CCO/C(C(=O)O)=C(/C)C(=O)OC(=O)/C(C)=C(\OCC)C(=O)O. The van der Waals surface area contributed by atoms with E-state index in [0.29, 0.717) is 0 Å². The number of carbonyl (C=O) groups excluding carboxylic acids is 2. The average Bonchev–Trinajstić information content (AvgIpc) is 2.47. The Bertz CT molecular complexity index is 519. The van der Waals surface area contributed by atoms with E-state index in [1.807, 2.05) is 0 Å². The minimum Gasteiger partial charge on any atom is -0.486 e. The van der Waals surface area contributed by atoms with Gasteiger partial charge < -0.3 is 24.4 Å². The van der Waals surface area contributed by atoms with Gasteiger partial charge in [-0.2, -0.15) is 0 Å². The fraction of sp³-hybridized carbons (Fsp3) is 0.429. The summed E-state index contributed by atoms with van der Waals surface area (Å²) in [6, 6.07) is 0. The lowest BCUT2D eigenvalue weighted by atomic mass is 10.2. The van der Waals surface area contributed by atoms with Crippen LogP contribution < -0.4 is 0 Å². The number of carboxylic acids is 2. The van der Waals surface area contributed by atoms with E-state index in [0.717, 1.165) is 13.8 Å². The molecule has 9 nitrogen and oxygen atoms in total. The van der Waals surface area contributed by atoms with Crippen molar-refractivity contribution in [1.29, 1.82) is 0 Å². The Balaban J connectivity index is 5.41. The summed E-state index contributed by atoms with van der Waals surface area (Å²) in [6.45, 7) is 5.23. The van der Waals surface area contributed by atoms with Crippen molar-refractivity contribution in [3.63, 3.8) is 0 Å². The molecular formula is C14H18O9. The van der Waals surface area contributed by atoms with Crippen molar-refractivity contribution in [2.24, 2.45) is 0 Å². The largest absolute Gasteiger partial charge is 0.486 e. The van der Waals surface area contributed by atoms with Gasteiger partial charge in [0, 0.05) is 0 Å². The van der Waals surface area contributed by atoms with Crippen molar-refractivity contribution in [3.05, 3.63) is 22.7 Å². The highest BCUT2D eigenvalue weighted by Gasteiger charge is 2.25. The number of carbonyl (C=O) groups is 4. The zero-order valence-electron chi connectivity index (χ0n) is 13.2. The van der Waals surface area contributed by atoms with E-state index in [1.165, 1.54) is 13.8 Å². The second kappa shape index (κ2) is 9.23. The summed E-state index contributed by atoms with van der Waals surface area (Å²) in [5.74, 6) is -6.84. The Morgan fingerprint density at radius 1 is 0.739 bits per heavy atom. The lowest BCUT2D eigenvalue weighted by Gasteiger charge is -2.10. The third kappa shape index (κ3) is 5.81. The molecule has 0 bridgehead atoms. The van der Waals surface area contributed by atoms with Gasteiger partial charge in [0.05, 0.1) is 24.4 Å². The zero-order chi connectivity index (χ0) is 18.2. The number of aliphatic carboxylic acids is 2. The lowest BCUT2D eigenvalue weighted by Crippen LogP contribution is -2.20. The average molecular weight is 330 g/mol. The molecule has 128 valence electrons. The first kappa shape index (κ1) is 20.2. The Morgan fingerprint density at radius 3 is 1.26 bits per heavy atom. The zero-order valence-corrected chi connectivity index (χ0v) is 13.2. The van der Waals surface area contributed by atoms with Crippen molar-refractivity contribution in [2.45, 2.75) is 27.7 Å². The fourth-order valence-corrected chi connectivity index (χ4v) is 1.37. The molecule has 0 amide bonds. The topological polar surface area (TPSA) is 136 Å². The van der Waals surface area contributed by atoms with E-state index >= 15 is 0 Å². The number of carboxylic acid groups (broad SMARTS) is 2. The Labute approximate surface area is 132 Å². The van der Waals surface area contributed by atoms with E-state index < -0.39 is 46.5 Å². The summed E-state index contributed by atoms with van der Waals surface area (Å²) >= 11 is 0. The first-order valence-corrected chi connectivity index (χ1v) is 6.57. The molecule has 0 radical (unpaired) electrons. The second-order valence-electron chi connectivity index (χ2n) is 4.06. The number of hydrogen-bond donors (Lipinski definition) is 2. The number of ether oxygens (including phenoxy) is 3. The van der Waals surface area contributed by atoms with E-state index in [2.05, 4.69) is 4.74 Å². The smallest absolute Gasteiger partial charge is 0.371 e. The predicted molar refractivity (Wildman–Crippen MR) is 75.0 cm³/mol. The van der Waals surface area contributed by atoms with Gasteiger partial charge in [-0.1, -0.05) is 0 Å². The highest BCUT2D eigenvalue weighted by atomic mass is 16.6. The lowest BCUT2D eigenvalue weighted by molar-refractivity contribution is -0.155. The number of esters is 2. The van der Waals surface area contributed by atoms with Gasteiger partial charge in [-0.05, 0) is 27.7 Å². The quantitative estimate of drug-likeness (QED) is 0.287. The Morgan fingerprint density at radius 2 is 1.04 bits per heavy atom. The van der Waals surface area contributed by atoms with Gasteiger partial charge in [-0.3, -0.25) is 0 Å². The normalized spacial score (nSPS) is 12.5. The maximum absolute atomic E-state index is 11.8. The fourth-order valence-electron chi connectivity index (χ4n) is 1.37. The Hall–Kier alpha value is -2.84. The van der Waals surface area contributed by atoms with Gasteiger partial charge >= 0.3 is 23.9 Å². The maximum Gasteiger partial charge on any atom is 0.371 e. The van der Waals surface area contributed by atoms with Crippen LogP contribution in [0.5, 0.6) is 0 Å². The van der Waals surface area contributed by atoms with E-state index in [-0.39, 0.29) is 13.2 Å². The van der Waals surface area contributed by atoms with Gasteiger partial charge in [-0.15, -0.1) is 0 Å². The molecule has 0 aliphatic carbocycles. The molecule has 0 unspecified atom stereocenters. The molecule has 23 heavy (non-hydrogen) atoms. The van der Waals surface area contributed by atoms with Gasteiger partial charge in [0.25, 0.3) is 0 Å². The molecule has 0 saturated heterocycles. The molecular weight excluding hydrogens is 312 g/mol. The summed E-state index contributed by atoms with van der Waals surface area (Å²) in [5, 5.41) is 17.8. The van der Waals surface area contributed by atoms with Crippen LogP contribution in [-0.2, 0) is 33.4 Å². The molecule has 0 saturated carbocycles. The first-order valence-electron chi connectivity index (χ1n) is 6.57. The molecule has 0 aromatic rings. The molecule has 0 aromatic heterocycles. The molecule has 2 N–H and O–H groups in total. The molecule has 0 aliphatic rings. The standard InChI is InChI=1S/C14H18O9/c1-5-21-9(11(15)16)7(3)13(19)23-14(20)8(4)10(12(17)18)22-6-2/h5-6H2,1-4H3,(H,15,16)(H,17,18)/b9-7-,10-8-. The monoisotopic (exact) mass is 330 g/mol. The van der Waals surface area contributed by atoms with Crippen molar-refractivity contribution >= 4 is 23.9 Å². The summed E-state index contributed by atoms with van der Waals surface area (Å²) in [4.78, 5) is 45.5. The predicted octanol–water partition coefficient (Wildman–Crippen LogP) is 0.846. The summed E-state index contributed by atoms with van der Waals surface area (Å²) < 4.78 is 14.0. The van der Waals surface area contributed by atoms with E-state index in [4.69, 9.17) is 19.7 Å². The van der Waals surface area contributed by atoms with Crippen LogP contribution in [0.4, 0.5) is 0 Å². The molecule has 0 fully saturated rings. The maximum atomic E-state index is 11.8. The highest BCUT2D eigenvalue weighted by Crippen LogP contribution is 2.13. The second-order valence-corrected chi connectivity index (χ2v) is 4.06. The molecule has 0 heterocycles. The first-order chi connectivity index (χ1) is 10.7. The van der Waals surface area contributed by atoms with E-state index in [9.17, 15) is 19.2 Å². The van der Waals surface area contributed by atoms with Crippen LogP contribution in [-0.4, -0.2) is 47.3 Å². The minimum atomic E-state index is -1.50. The molecule has 0 aromatic carbocycles. The van der Waals surface area contributed by atoms with Crippen LogP contribution >= 0.6 is 0 Å². The third-order valence-corrected chi connectivity index (χ3v) is 2.44. The van der Waals surface area contributed by atoms with Crippen LogP contribution in [0.2, 0.25) is 0 Å². The van der Waals surface area contributed by atoms with Gasteiger partial charge in [0.2, 0.25) is 11.5 Å². The summed E-state index contributed by atoms with van der Waals surface area (Å²) in [5.41, 5.74) is -0.873. The highest BCUT2D eigenvalue weighted by molar-refractivity contribution is 6.06. The van der Waals surface area contributed by atoms with E-state index in [1.54, 1.807) is 0 Å². The molecule has 0 atom stereocenters. The third-order valence-electron chi connectivity index (χ3n) is 2.44. The van der Waals surface area contributed by atoms with Gasteiger partial charge in [-0.25, -0.2) is 19.2 Å². The summed E-state index contributed by atoms with van der Waals surface area (Å²) in [7, 11) is 0. The van der Waals surface area contributed by atoms with Gasteiger partial charge in [0.15, 0.2) is 0 Å². The van der Waals surface area contributed by atoms with Crippen molar-refractivity contribution in [1.82, 2.24) is 0 Å². The number of rotatable bonds is 8. The van der Waals surface area contributed by atoms with Crippen LogP contribution in [0.3, 0.4) is 0 Å². The van der Waals surface area contributed by atoms with Crippen molar-refractivity contribution < 1.29 is 43.6 Å². The minimum absolute atomic E-state index is 0.00731. The van der Waals surface area contributed by atoms with Gasteiger partial charge in [0.1, 0.15) is 0 Å². The van der Waals surface area contributed by atoms with Crippen LogP contribution in [0.1, 0.15) is 27.7 Å². The van der Waals surface area contributed by atoms with Crippen LogP contribution in [0.15, 0.2) is 22.7 Å². The summed E-state index contributed by atoms with van der Waals surface area (Å²) in [6.07, 6.45) is 0. The molecule has 0 aliphatic heterocycles. The number of hydrogen-bond acceptors (Lipinski definition) is 7. The molecule has 0 spiro atoms. The van der Waals surface area contributed by atoms with Crippen LogP contribution in [0, 0.1) is 0 Å². The molecule has 0 rings (SSSR count). The van der Waals surface area contributed by atoms with Crippen molar-refractivity contribution in [3.8, 4) is 0 Å².